The molecule has 31 heavy (non-hydrogen) atoms. The van der Waals surface area contributed by atoms with E-state index in [2.05, 4.69) is 39.8 Å². The molecule has 8 heteroatoms. The molecule has 162 valence electrons. The average molecular weight is 422 g/mol. The number of quaternary nitrogens is 1. The summed E-state index contributed by atoms with van der Waals surface area (Å²) < 4.78 is 7.49. The number of carbonyl (C=O) groups excluding carboxylic acids is 1. The van der Waals surface area contributed by atoms with Gasteiger partial charge >= 0.3 is 0 Å². The van der Waals surface area contributed by atoms with Crippen molar-refractivity contribution in [1.29, 1.82) is 0 Å². The van der Waals surface area contributed by atoms with Crippen molar-refractivity contribution in [2.75, 3.05) is 19.7 Å². The molecule has 0 aliphatic carbocycles. The van der Waals surface area contributed by atoms with Crippen LogP contribution in [0.4, 0.5) is 0 Å². The molecule has 1 fully saturated rings. The van der Waals surface area contributed by atoms with Gasteiger partial charge in [0, 0.05) is 24.3 Å². The lowest BCUT2D eigenvalue weighted by Crippen LogP contribution is -3.13. The highest BCUT2D eigenvalue weighted by atomic mass is 16.5. The average Bonchev–Trinajstić information content (AvgIpc) is 3.24. The number of amides is 1. The molecule has 1 aliphatic rings. The lowest BCUT2D eigenvalue weighted by Gasteiger charge is -2.33. The van der Waals surface area contributed by atoms with E-state index in [0.717, 1.165) is 48.6 Å². The first-order chi connectivity index (χ1) is 15.2. The molecule has 3 aromatic rings. The van der Waals surface area contributed by atoms with Crippen molar-refractivity contribution >= 4 is 5.91 Å². The molecule has 0 bridgehead atoms. The van der Waals surface area contributed by atoms with E-state index in [1.54, 1.807) is 0 Å². The number of likely N-dealkylation sites (tertiary alicyclic amines) is 1. The van der Waals surface area contributed by atoms with Crippen LogP contribution < -0.4 is 15.4 Å². The first-order valence-corrected chi connectivity index (χ1v) is 10.8. The van der Waals surface area contributed by atoms with Gasteiger partial charge < -0.3 is 15.4 Å². The molecule has 2 heterocycles. The molecule has 1 saturated heterocycles. The first kappa shape index (κ1) is 21.0. The zero-order valence-corrected chi connectivity index (χ0v) is 17.8. The highest BCUT2D eigenvalue weighted by molar-refractivity contribution is 5.76. The number of ether oxygens (including phenoxy) is 1. The minimum Gasteiger partial charge on any atom is -0.494 e. The van der Waals surface area contributed by atoms with Crippen LogP contribution in [-0.4, -0.2) is 45.8 Å². The Balaban J connectivity index is 1.65. The van der Waals surface area contributed by atoms with Crippen LogP contribution >= 0.6 is 0 Å². The zero-order chi connectivity index (χ0) is 21.6. The van der Waals surface area contributed by atoms with Crippen molar-refractivity contribution in [3.05, 3.63) is 71.5 Å². The number of nitrogens with zero attached hydrogens (tertiary/aromatic N) is 4. The van der Waals surface area contributed by atoms with Gasteiger partial charge in [0.15, 0.2) is 6.04 Å². The molecular weight excluding hydrogens is 392 g/mol. The van der Waals surface area contributed by atoms with Crippen molar-refractivity contribution in [2.45, 2.75) is 32.4 Å². The number of nitrogens with two attached hydrogens (primary N) is 1. The summed E-state index contributed by atoms with van der Waals surface area (Å²) in [5.41, 5.74) is 7.82. The molecule has 0 saturated carbocycles. The molecule has 1 aliphatic heterocycles. The van der Waals surface area contributed by atoms with Gasteiger partial charge in [-0.1, -0.05) is 30.3 Å². The maximum Gasteiger partial charge on any atom is 0.220 e. The third-order valence-electron chi connectivity index (χ3n) is 5.96. The molecule has 0 unspecified atom stereocenters. The highest BCUT2D eigenvalue weighted by Crippen LogP contribution is 2.22. The number of primary amides is 1. The Morgan fingerprint density at radius 3 is 2.52 bits per heavy atom. The molecular formula is C23H29N6O2+. The summed E-state index contributed by atoms with van der Waals surface area (Å²) in [6, 6.07) is 18.3. The molecule has 0 radical (unpaired) electrons. The number of rotatable bonds is 8. The van der Waals surface area contributed by atoms with E-state index in [9.17, 15) is 4.79 Å². The summed E-state index contributed by atoms with van der Waals surface area (Å²) in [6.45, 7) is 4.88. The summed E-state index contributed by atoms with van der Waals surface area (Å²) in [7, 11) is 0. The smallest absolute Gasteiger partial charge is 0.220 e. The second-order valence-electron chi connectivity index (χ2n) is 7.95. The third kappa shape index (κ3) is 4.91. The van der Waals surface area contributed by atoms with Gasteiger partial charge in [-0.3, -0.25) is 4.79 Å². The van der Waals surface area contributed by atoms with Crippen LogP contribution in [0.15, 0.2) is 54.6 Å². The fourth-order valence-corrected chi connectivity index (χ4v) is 4.34. The molecule has 1 atom stereocenters. The number of carbonyl (C=O) groups is 1. The Labute approximate surface area is 182 Å². The van der Waals surface area contributed by atoms with Gasteiger partial charge in [0.1, 0.15) is 5.75 Å². The summed E-state index contributed by atoms with van der Waals surface area (Å²) >= 11 is 0. The van der Waals surface area contributed by atoms with Crippen LogP contribution in [0, 0.1) is 5.92 Å². The Bertz CT molecular complexity index is 981. The summed E-state index contributed by atoms with van der Waals surface area (Å²) in [5, 5.41) is 12.7. The second-order valence-corrected chi connectivity index (χ2v) is 7.95. The number of hydrogen-bond acceptors (Lipinski definition) is 5. The van der Waals surface area contributed by atoms with E-state index in [1.165, 1.54) is 4.90 Å². The first-order valence-electron chi connectivity index (χ1n) is 10.8. The van der Waals surface area contributed by atoms with E-state index < -0.39 is 0 Å². The van der Waals surface area contributed by atoms with E-state index >= 15 is 0 Å². The summed E-state index contributed by atoms with van der Waals surface area (Å²) in [5.74, 6) is 1.41. The number of hydrogen-bond donors (Lipinski definition) is 2. The van der Waals surface area contributed by atoms with Crippen LogP contribution in [0.2, 0.25) is 0 Å². The Hall–Kier alpha value is -3.26. The van der Waals surface area contributed by atoms with Gasteiger partial charge in [-0.15, -0.1) is 5.10 Å². The van der Waals surface area contributed by atoms with Gasteiger partial charge in [0.25, 0.3) is 0 Å². The molecule has 1 aromatic heterocycles. The number of piperidine rings is 1. The largest absolute Gasteiger partial charge is 0.494 e. The Morgan fingerprint density at radius 1 is 1.16 bits per heavy atom. The molecule has 0 spiro atoms. The molecule has 2 aromatic carbocycles. The van der Waals surface area contributed by atoms with Crippen LogP contribution in [0.25, 0.3) is 0 Å². The lowest BCUT2D eigenvalue weighted by molar-refractivity contribution is -0.931. The standard InChI is InChI=1S/C23H28N6O2/c1-2-31-20-10-8-18(9-11-20)21(28-14-12-19(13-15-28)22(24)30)23-25-26-27-29(23)16-17-6-4-3-5-7-17/h3-11,19,21H,2,12-16H2,1H3,(H2,24,30)/p+1/t21-/m1/s1. The SMILES string of the molecule is CCOc1ccc([C@H](c2nnnn2Cc2ccccc2)[NH+]2CCC(C(N)=O)CC2)cc1. The van der Waals surface area contributed by atoms with Crippen LogP contribution in [-0.2, 0) is 11.3 Å². The highest BCUT2D eigenvalue weighted by Gasteiger charge is 2.36. The zero-order valence-electron chi connectivity index (χ0n) is 17.8. The number of aromatic nitrogens is 4. The van der Waals surface area contributed by atoms with Crippen LogP contribution in [0.1, 0.15) is 42.8 Å². The summed E-state index contributed by atoms with van der Waals surface area (Å²) in [4.78, 5) is 13.0. The van der Waals surface area contributed by atoms with Crippen LogP contribution in [0.5, 0.6) is 5.75 Å². The van der Waals surface area contributed by atoms with Crippen molar-refractivity contribution in [1.82, 2.24) is 20.2 Å². The molecule has 3 N–H and O–H groups in total. The number of nitrogens with one attached hydrogen (secondary N) is 1. The van der Waals surface area contributed by atoms with Crippen molar-refractivity contribution in [2.24, 2.45) is 11.7 Å². The fraction of sp³-hybridized carbons (Fsp3) is 0.391. The maximum absolute atomic E-state index is 11.6. The minimum atomic E-state index is -0.203. The van der Waals surface area contributed by atoms with E-state index in [1.807, 2.05) is 41.9 Å². The molecule has 1 amide bonds. The predicted molar refractivity (Wildman–Crippen MR) is 115 cm³/mol. The monoisotopic (exact) mass is 421 g/mol. The quantitative estimate of drug-likeness (QED) is 0.565. The van der Waals surface area contributed by atoms with Crippen LogP contribution in [0.3, 0.4) is 0 Å². The molecule has 4 rings (SSSR count). The number of benzene rings is 2. The number of tetrazole rings is 1. The normalized spacial score (nSPS) is 19.6. The van der Waals surface area contributed by atoms with Gasteiger partial charge in [0.2, 0.25) is 11.7 Å². The van der Waals surface area contributed by atoms with Crippen molar-refractivity contribution in [3.63, 3.8) is 0 Å². The Kier molecular flexibility index (Phi) is 6.57. The third-order valence-corrected chi connectivity index (χ3v) is 5.96. The molecule has 8 nitrogen and oxygen atoms in total. The maximum atomic E-state index is 11.6. The van der Waals surface area contributed by atoms with Crippen molar-refractivity contribution < 1.29 is 14.4 Å². The van der Waals surface area contributed by atoms with Gasteiger partial charge in [-0.2, -0.15) is 0 Å². The second kappa shape index (κ2) is 9.70. The van der Waals surface area contributed by atoms with Gasteiger partial charge in [-0.25, -0.2) is 4.68 Å². The lowest BCUT2D eigenvalue weighted by atomic mass is 9.93. The van der Waals surface area contributed by atoms with E-state index in [4.69, 9.17) is 10.5 Å². The van der Waals surface area contributed by atoms with E-state index in [-0.39, 0.29) is 17.9 Å². The summed E-state index contributed by atoms with van der Waals surface area (Å²) in [6.07, 6.45) is 1.55. The van der Waals surface area contributed by atoms with E-state index in [0.29, 0.717) is 13.2 Å². The van der Waals surface area contributed by atoms with Crippen molar-refractivity contribution in [3.8, 4) is 5.75 Å². The predicted octanol–water partition coefficient (Wildman–Crippen LogP) is 0.990. The fourth-order valence-electron chi connectivity index (χ4n) is 4.34. The van der Waals surface area contributed by atoms with Gasteiger partial charge in [0.05, 0.1) is 26.2 Å². The van der Waals surface area contributed by atoms with Gasteiger partial charge in [-0.05, 0) is 47.2 Å². The minimum absolute atomic E-state index is 0.0387. The Morgan fingerprint density at radius 2 is 1.87 bits per heavy atom. The topological polar surface area (TPSA) is 100 Å².